The van der Waals surface area contributed by atoms with Crippen LogP contribution in [0.1, 0.15) is 44.0 Å². The summed E-state index contributed by atoms with van der Waals surface area (Å²) in [7, 11) is 1.34. The van der Waals surface area contributed by atoms with Crippen molar-refractivity contribution in [2.45, 2.75) is 33.6 Å². The minimum absolute atomic E-state index is 0.191. The number of benzene rings is 1. The second-order valence-electron chi connectivity index (χ2n) is 6.42. The van der Waals surface area contributed by atoms with Gasteiger partial charge >= 0.3 is 5.97 Å². The number of amides is 1. The number of rotatable bonds is 11. The molecule has 0 spiro atoms. The van der Waals surface area contributed by atoms with Gasteiger partial charge in [-0.05, 0) is 56.7 Å². The monoisotopic (exact) mass is 366 g/mol. The Balaban J connectivity index is 2.73. The first-order chi connectivity index (χ1) is 12.4. The molecule has 1 aromatic carbocycles. The fourth-order valence-corrected chi connectivity index (χ4v) is 2.83. The SMILES string of the molecule is CCN(CC)CCCCN(CC(C)C(=O)OC)C(=O)c1ccc(F)cc1. The molecule has 1 amide bonds. The van der Waals surface area contributed by atoms with E-state index in [0.29, 0.717) is 12.1 Å². The summed E-state index contributed by atoms with van der Waals surface area (Å²) in [5.41, 5.74) is 0.423. The first-order valence-corrected chi connectivity index (χ1v) is 9.27. The lowest BCUT2D eigenvalue weighted by molar-refractivity contribution is -0.145. The van der Waals surface area contributed by atoms with Gasteiger partial charge in [0, 0.05) is 18.7 Å². The van der Waals surface area contributed by atoms with Gasteiger partial charge in [-0.25, -0.2) is 4.39 Å². The molecule has 5 nitrogen and oxygen atoms in total. The van der Waals surface area contributed by atoms with Gasteiger partial charge in [0.1, 0.15) is 5.82 Å². The minimum Gasteiger partial charge on any atom is -0.469 e. The van der Waals surface area contributed by atoms with E-state index in [9.17, 15) is 14.0 Å². The number of carbonyl (C=O) groups is 2. The van der Waals surface area contributed by atoms with Gasteiger partial charge in [0.25, 0.3) is 5.91 Å². The molecule has 0 aliphatic heterocycles. The second-order valence-corrected chi connectivity index (χ2v) is 6.42. The summed E-state index contributed by atoms with van der Waals surface area (Å²) in [4.78, 5) is 28.5. The van der Waals surface area contributed by atoms with E-state index in [4.69, 9.17) is 4.74 Å². The molecule has 1 rings (SSSR count). The Morgan fingerprint density at radius 1 is 1.08 bits per heavy atom. The Morgan fingerprint density at radius 3 is 2.19 bits per heavy atom. The molecule has 0 N–H and O–H groups in total. The topological polar surface area (TPSA) is 49.9 Å². The van der Waals surface area contributed by atoms with Gasteiger partial charge < -0.3 is 14.5 Å². The van der Waals surface area contributed by atoms with Crippen molar-refractivity contribution in [2.75, 3.05) is 39.8 Å². The van der Waals surface area contributed by atoms with Crippen molar-refractivity contribution in [3.8, 4) is 0 Å². The summed E-state index contributed by atoms with van der Waals surface area (Å²) < 4.78 is 17.9. The highest BCUT2D eigenvalue weighted by molar-refractivity contribution is 5.94. The molecular weight excluding hydrogens is 335 g/mol. The molecule has 0 aliphatic rings. The van der Waals surface area contributed by atoms with Gasteiger partial charge in [-0.3, -0.25) is 9.59 Å². The van der Waals surface area contributed by atoms with Crippen LogP contribution in [0.5, 0.6) is 0 Å². The molecule has 0 aliphatic carbocycles. The Bertz CT molecular complexity index is 559. The zero-order chi connectivity index (χ0) is 19.5. The van der Waals surface area contributed by atoms with E-state index >= 15 is 0 Å². The highest BCUT2D eigenvalue weighted by atomic mass is 19.1. The van der Waals surface area contributed by atoms with E-state index in [2.05, 4.69) is 18.7 Å². The van der Waals surface area contributed by atoms with Crippen LogP contribution in [0.15, 0.2) is 24.3 Å². The van der Waals surface area contributed by atoms with Crippen LogP contribution in [-0.2, 0) is 9.53 Å². The third-order valence-corrected chi connectivity index (χ3v) is 4.52. The summed E-state index contributed by atoms with van der Waals surface area (Å²) in [6, 6.07) is 5.50. The number of carbonyl (C=O) groups excluding carboxylic acids is 2. The van der Waals surface area contributed by atoms with Crippen LogP contribution in [0, 0.1) is 11.7 Å². The zero-order valence-electron chi connectivity index (χ0n) is 16.3. The molecule has 1 unspecified atom stereocenters. The Morgan fingerprint density at radius 2 is 1.65 bits per heavy atom. The maximum atomic E-state index is 13.1. The number of nitrogens with zero attached hydrogens (tertiary/aromatic N) is 2. The molecule has 6 heteroatoms. The predicted molar refractivity (Wildman–Crippen MR) is 101 cm³/mol. The van der Waals surface area contributed by atoms with Crippen molar-refractivity contribution in [2.24, 2.45) is 5.92 Å². The van der Waals surface area contributed by atoms with Crippen LogP contribution in [0.25, 0.3) is 0 Å². The Hall–Kier alpha value is -1.95. The molecule has 146 valence electrons. The van der Waals surface area contributed by atoms with E-state index in [0.717, 1.165) is 32.5 Å². The molecule has 0 heterocycles. The van der Waals surface area contributed by atoms with E-state index in [1.807, 2.05) is 0 Å². The molecule has 0 fully saturated rings. The van der Waals surface area contributed by atoms with Gasteiger partial charge in [0.15, 0.2) is 0 Å². The van der Waals surface area contributed by atoms with Crippen molar-refractivity contribution in [3.05, 3.63) is 35.6 Å². The maximum absolute atomic E-state index is 13.1. The van der Waals surface area contributed by atoms with Crippen LogP contribution in [0.4, 0.5) is 4.39 Å². The number of halogens is 1. The van der Waals surface area contributed by atoms with Crippen molar-refractivity contribution in [1.82, 2.24) is 9.80 Å². The highest BCUT2D eigenvalue weighted by Gasteiger charge is 2.22. The molecule has 0 saturated carbocycles. The summed E-state index contributed by atoms with van der Waals surface area (Å²) in [6.07, 6.45) is 1.82. The molecular formula is C20H31FN2O3. The summed E-state index contributed by atoms with van der Waals surface area (Å²) in [5, 5.41) is 0. The quantitative estimate of drug-likeness (QED) is 0.446. The van der Waals surface area contributed by atoms with E-state index in [1.54, 1.807) is 11.8 Å². The van der Waals surface area contributed by atoms with Crippen LogP contribution >= 0.6 is 0 Å². The molecule has 0 aromatic heterocycles. The third-order valence-electron chi connectivity index (χ3n) is 4.52. The van der Waals surface area contributed by atoms with Gasteiger partial charge in [0.05, 0.1) is 13.0 Å². The number of hydrogen-bond acceptors (Lipinski definition) is 4. The summed E-state index contributed by atoms with van der Waals surface area (Å²) >= 11 is 0. The van der Waals surface area contributed by atoms with E-state index in [-0.39, 0.29) is 24.2 Å². The van der Waals surface area contributed by atoms with Crippen LogP contribution in [0.3, 0.4) is 0 Å². The van der Waals surface area contributed by atoms with Crippen LogP contribution in [-0.4, -0.2) is 61.5 Å². The van der Waals surface area contributed by atoms with Gasteiger partial charge in [-0.15, -0.1) is 0 Å². The van der Waals surface area contributed by atoms with Crippen LogP contribution < -0.4 is 0 Å². The molecule has 1 aromatic rings. The van der Waals surface area contributed by atoms with Crippen molar-refractivity contribution < 1.29 is 18.7 Å². The lowest BCUT2D eigenvalue weighted by atomic mass is 10.1. The lowest BCUT2D eigenvalue weighted by Gasteiger charge is -2.26. The molecule has 1 atom stereocenters. The number of esters is 1. The average Bonchev–Trinajstić information content (AvgIpc) is 2.66. The van der Waals surface area contributed by atoms with Crippen LogP contribution in [0.2, 0.25) is 0 Å². The van der Waals surface area contributed by atoms with Crippen molar-refractivity contribution >= 4 is 11.9 Å². The number of ether oxygens (including phenoxy) is 1. The fraction of sp³-hybridized carbons (Fsp3) is 0.600. The minimum atomic E-state index is -0.410. The number of unbranched alkanes of at least 4 members (excludes halogenated alkanes) is 1. The molecule has 0 saturated heterocycles. The van der Waals surface area contributed by atoms with Gasteiger partial charge in [-0.1, -0.05) is 20.8 Å². The second kappa shape index (κ2) is 11.6. The fourth-order valence-electron chi connectivity index (χ4n) is 2.83. The first kappa shape index (κ1) is 22.1. The number of hydrogen-bond donors (Lipinski definition) is 0. The number of methoxy groups -OCH3 is 1. The van der Waals surface area contributed by atoms with Gasteiger partial charge in [0.2, 0.25) is 0 Å². The largest absolute Gasteiger partial charge is 0.469 e. The highest BCUT2D eigenvalue weighted by Crippen LogP contribution is 2.12. The van der Waals surface area contributed by atoms with Crippen molar-refractivity contribution in [3.63, 3.8) is 0 Å². The smallest absolute Gasteiger partial charge is 0.310 e. The third kappa shape index (κ3) is 7.12. The standard InChI is InChI=1S/C20H31FN2O3/c1-5-22(6-2)13-7-8-14-23(15-16(3)20(25)26-4)19(24)17-9-11-18(21)12-10-17/h9-12,16H,5-8,13-15H2,1-4H3. The molecule has 0 bridgehead atoms. The normalized spacial score (nSPS) is 12.1. The molecule has 26 heavy (non-hydrogen) atoms. The van der Waals surface area contributed by atoms with E-state index in [1.165, 1.54) is 31.4 Å². The Kier molecular flexibility index (Phi) is 9.88. The van der Waals surface area contributed by atoms with E-state index < -0.39 is 5.92 Å². The predicted octanol–water partition coefficient (Wildman–Crippen LogP) is 3.20. The first-order valence-electron chi connectivity index (χ1n) is 9.27. The zero-order valence-corrected chi connectivity index (χ0v) is 16.3. The average molecular weight is 366 g/mol. The van der Waals surface area contributed by atoms with Gasteiger partial charge in [-0.2, -0.15) is 0 Å². The summed E-state index contributed by atoms with van der Waals surface area (Å²) in [5.74, 6) is -1.32. The molecule has 0 radical (unpaired) electrons. The summed E-state index contributed by atoms with van der Waals surface area (Å²) in [6.45, 7) is 9.85. The van der Waals surface area contributed by atoms with Crippen molar-refractivity contribution in [1.29, 1.82) is 0 Å². The maximum Gasteiger partial charge on any atom is 0.310 e. The lowest BCUT2D eigenvalue weighted by Crippen LogP contribution is -2.38. The Labute approximate surface area is 156 Å².